The average Bonchev–Trinajstić information content (AvgIpc) is 2.72. The van der Waals surface area contributed by atoms with Gasteiger partial charge in [0.2, 0.25) is 0 Å². The summed E-state index contributed by atoms with van der Waals surface area (Å²) >= 11 is 0. The Labute approximate surface area is 99.5 Å². The van der Waals surface area contributed by atoms with Gasteiger partial charge >= 0.3 is 5.97 Å². The third-order valence-electron chi connectivity index (χ3n) is 3.20. The summed E-state index contributed by atoms with van der Waals surface area (Å²) in [5.74, 6) is -0.959. The zero-order valence-corrected chi connectivity index (χ0v) is 10.1. The third kappa shape index (κ3) is 2.48. The summed E-state index contributed by atoms with van der Waals surface area (Å²) in [6.07, 6.45) is 2.08. The van der Waals surface area contributed by atoms with Crippen molar-refractivity contribution in [1.82, 2.24) is 14.7 Å². The Morgan fingerprint density at radius 3 is 2.88 bits per heavy atom. The van der Waals surface area contributed by atoms with E-state index in [4.69, 9.17) is 5.11 Å². The van der Waals surface area contributed by atoms with Crippen molar-refractivity contribution in [2.75, 3.05) is 13.1 Å². The lowest BCUT2D eigenvalue weighted by Crippen LogP contribution is -2.30. The maximum Gasteiger partial charge on any atom is 0.339 e. The van der Waals surface area contributed by atoms with E-state index in [1.807, 2.05) is 4.90 Å². The van der Waals surface area contributed by atoms with Gasteiger partial charge in [0.05, 0.1) is 17.5 Å². The lowest BCUT2D eigenvalue weighted by molar-refractivity contribution is 0.0671. The number of hydrogen-bond acceptors (Lipinski definition) is 4. The van der Waals surface area contributed by atoms with E-state index < -0.39 is 11.6 Å². The number of aryl methyl sites for hydroxylation is 1. The van der Waals surface area contributed by atoms with E-state index in [9.17, 15) is 9.90 Å². The average molecular weight is 239 g/mol. The molecule has 0 amide bonds. The van der Waals surface area contributed by atoms with Crippen LogP contribution in [0, 0.1) is 0 Å². The van der Waals surface area contributed by atoms with Crippen molar-refractivity contribution < 1.29 is 15.0 Å². The minimum Gasteiger partial charge on any atom is -0.478 e. The van der Waals surface area contributed by atoms with E-state index in [2.05, 4.69) is 5.10 Å². The normalized spacial score (nSPS) is 25.4. The Hall–Kier alpha value is -1.40. The SMILES string of the molecule is Cn1ncc(C(=O)O)c1CN1CCC(C)(O)C1. The molecule has 1 atom stereocenters. The summed E-state index contributed by atoms with van der Waals surface area (Å²) in [6.45, 7) is 3.65. The Bertz CT molecular complexity index is 439. The minimum atomic E-state index is -0.959. The number of aromatic carboxylic acids is 1. The highest BCUT2D eigenvalue weighted by atomic mass is 16.4. The highest BCUT2D eigenvalue weighted by Gasteiger charge is 2.32. The zero-order valence-electron chi connectivity index (χ0n) is 10.1. The van der Waals surface area contributed by atoms with E-state index in [-0.39, 0.29) is 5.56 Å². The van der Waals surface area contributed by atoms with Crippen molar-refractivity contribution >= 4 is 5.97 Å². The first-order valence-electron chi connectivity index (χ1n) is 5.58. The van der Waals surface area contributed by atoms with Gasteiger partial charge in [-0.05, 0) is 13.3 Å². The number of carbonyl (C=O) groups is 1. The minimum absolute atomic E-state index is 0.235. The highest BCUT2D eigenvalue weighted by molar-refractivity contribution is 5.88. The zero-order chi connectivity index (χ0) is 12.6. The topological polar surface area (TPSA) is 78.6 Å². The maximum atomic E-state index is 11.0. The standard InChI is InChI=1S/C11H17N3O3/c1-11(17)3-4-14(7-11)6-9-8(10(15)16)5-12-13(9)2/h5,17H,3-4,6-7H2,1-2H3,(H,15,16). The van der Waals surface area contributed by atoms with Gasteiger partial charge in [0, 0.05) is 26.7 Å². The van der Waals surface area contributed by atoms with Crippen molar-refractivity contribution in [3.05, 3.63) is 17.5 Å². The van der Waals surface area contributed by atoms with Gasteiger partial charge in [0.15, 0.2) is 0 Å². The first kappa shape index (κ1) is 12.1. The van der Waals surface area contributed by atoms with Crippen LogP contribution in [0.2, 0.25) is 0 Å². The van der Waals surface area contributed by atoms with E-state index in [1.54, 1.807) is 18.7 Å². The molecule has 0 aliphatic carbocycles. The number of β-amino-alcohol motifs (C(OH)–C–C–N with tert-alkyl or cyclic N) is 1. The van der Waals surface area contributed by atoms with Crippen LogP contribution in [0.1, 0.15) is 29.4 Å². The molecule has 1 aliphatic rings. The maximum absolute atomic E-state index is 11.0. The molecule has 1 saturated heterocycles. The van der Waals surface area contributed by atoms with Gasteiger partial charge in [0.25, 0.3) is 0 Å². The van der Waals surface area contributed by atoms with Gasteiger partial charge in [-0.15, -0.1) is 0 Å². The number of carboxylic acid groups (broad SMARTS) is 1. The summed E-state index contributed by atoms with van der Waals surface area (Å²) in [6, 6.07) is 0. The quantitative estimate of drug-likeness (QED) is 0.780. The van der Waals surface area contributed by atoms with Crippen molar-refractivity contribution in [3.8, 4) is 0 Å². The fourth-order valence-corrected chi connectivity index (χ4v) is 2.21. The predicted molar refractivity (Wildman–Crippen MR) is 60.7 cm³/mol. The molecule has 0 radical (unpaired) electrons. The molecule has 1 fully saturated rings. The number of likely N-dealkylation sites (tertiary alicyclic amines) is 1. The van der Waals surface area contributed by atoms with E-state index in [0.29, 0.717) is 25.2 Å². The van der Waals surface area contributed by atoms with Crippen LogP contribution in [0.25, 0.3) is 0 Å². The first-order chi connectivity index (χ1) is 7.89. The molecule has 1 unspecified atom stereocenters. The Balaban J connectivity index is 2.14. The molecule has 2 heterocycles. The summed E-state index contributed by atoms with van der Waals surface area (Å²) < 4.78 is 1.58. The Morgan fingerprint density at radius 2 is 2.35 bits per heavy atom. The summed E-state index contributed by atoms with van der Waals surface area (Å²) in [7, 11) is 1.73. The van der Waals surface area contributed by atoms with E-state index in [0.717, 1.165) is 6.54 Å². The van der Waals surface area contributed by atoms with Crippen LogP contribution in [-0.4, -0.2) is 49.6 Å². The number of aromatic nitrogens is 2. The third-order valence-corrected chi connectivity index (χ3v) is 3.20. The largest absolute Gasteiger partial charge is 0.478 e. The number of nitrogens with zero attached hydrogens (tertiary/aromatic N) is 3. The molecule has 94 valence electrons. The molecule has 1 aromatic rings. The second-order valence-electron chi connectivity index (χ2n) is 4.89. The summed E-state index contributed by atoms with van der Waals surface area (Å²) in [5, 5.41) is 22.9. The van der Waals surface area contributed by atoms with Crippen LogP contribution in [0.5, 0.6) is 0 Å². The van der Waals surface area contributed by atoms with Gasteiger partial charge in [0.1, 0.15) is 5.56 Å². The second-order valence-corrected chi connectivity index (χ2v) is 4.89. The van der Waals surface area contributed by atoms with Gasteiger partial charge in [-0.25, -0.2) is 4.79 Å². The van der Waals surface area contributed by atoms with Crippen molar-refractivity contribution in [3.63, 3.8) is 0 Å². The van der Waals surface area contributed by atoms with E-state index >= 15 is 0 Å². The number of rotatable bonds is 3. The fraction of sp³-hybridized carbons (Fsp3) is 0.636. The van der Waals surface area contributed by atoms with Crippen molar-refractivity contribution in [1.29, 1.82) is 0 Å². The smallest absolute Gasteiger partial charge is 0.339 e. The van der Waals surface area contributed by atoms with Crippen LogP contribution in [0.4, 0.5) is 0 Å². The first-order valence-corrected chi connectivity index (χ1v) is 5.58. The molecule has 1 aliphatic heterocycles. The van der Waals surface area contributed by atoms with Crippen LogP contribution in [0.3, 0.4) is 0 Å². The van der Waals surface area contributed by atoms with Crippen molar-refractivity contribution in [2.24, 2.45) is 7.05 Å². The van der Waals surface area contributed by atoms with Crippen molar-refractivity contribution in [2.45, 2.75) is 25.5 Å². The molecule has 17 heavy (non-hydrogen) atoms. The van der Waals surface area contributed by atoms with E-state index in [1.165, 1.54) is 6.20 Å². The molecular formula is C11H17N3O3. The highest BCUT2D eigenvalue weighted by Crippen LogP contribution is 2.22. The monoisotopic (exact) mass is 239 g/mol. The lowest BCUT2D eigenvalue weighted by Gasteiger charge is -2.19. The Kier molecular flexibility index (Phi) is 2.92. The van der Waals surface area contributed by atoms with Crippen LogP contribution in [0.15, 0.2) is 6.20 Å². The molecule has 2 N–H and O–H groups in total. The molecule has 1 aromatic heterocycles. The molecule has 2 rings (SSSR count). The number of aliphatic hydroxyl groups is 1. The Morgan fingerprint density at radius 1 is 1.65 bits per heavy atom. The summed E-state index contributed by atoms with van der Waals surface area (Å²) in [4.78, 5) is 13.1. The van der Waals surface area contributed by atoms with Gasteiger partial charge in [-0.2, -0.15) is 5.10 Å². The second kappa shape index (κ2) is 4.12. The van der Waals surface area contributed by atoms with Crippen LogP contribution in [-0.2, 0) is 13.6 Å². The number of hydrogen-bond donors (Lipinski definition) is 2. The van der Waals surface area contributed by atoms with Crippen LogP contribution >= 0.6 is 0 Å². The molecule has 6 nitrogen and oxygen atoms in total. The van der Waals surface area contributed by atoms with Crippen LogP contribution < -0.4 is 0 Å². The lowest BCUT2D eigenvalue weighted by atomic mass is 10.1. The molecule has 6 heteroatoms. The molecule has 0 spiro atoms. The molecule has 0 aromatic carbocycles. The summed E-state index contributed by atoms with van der Waals surface area (Å²) in [5.41, 5.74) is 0.247. The predicted octanol–water partition coefficient (Wildman–Crippen LogP) is 0.0750. The van der Waals surface area contributed by atoms with Gasteiger partial charge < -0.3 is 10.2 Å². The molecular weight excluding hydrogens is 222 g/mol. The fourth-order valence-electron chi connectivity index (χ4n) is 2.21. The number of carboxylic acids is 1. The molecule has 0 saturated carbocycles. The molecule has 0 bridgehead atoms. The van der Waals surface area contributed by atoms with Gasteiger partial charge in [-0.3, -0.25) is 9.58 Å². The van der Waals surface area contributed by atoms with Gasteiger partial charge in [-0.1, -0.05) is 0 Å².